The summed E-state index contributed by atoms with van der Waals surface area (Å²) in [4.78, 5) is 14.4. The minimum absolute atomic E-state index is 0.113. The first-order valence-corrected chi connectivity index (χ1v) is 6.37. The maximum atomic E-state index is 11.5. The lowest BCUT2D eigenvalue weighted by atomic mass is 10.0. The summed E-state index contributed by atoms with van der Waals surface area (Å²) >= 11 is 1.73. The van der Waals surface area contributed by atoms with E-state index in [2.05, 4.69) is 30.6 Å². The van der Waals surface area contributed by atoms with Gasteiger partial charge in [0.1, 0.15) is 0 Å². The molecule has 3 nitrogen and oxygen atoms in total. The van der Waals surface area contributed by atoms with Gasteiger partial charge in [0.2, 0.25) is 5.91 Å². The third-order valence-corrected chi connectivity index (χ3v) is 3.44. The third kappa shape index (κ3) is 3.61. The highest BCUT2D eigenvalue weighted by Gasteiger charge is 2.17. The van der Waals surface area contributed by atoms with Crippen molar-refractivity contribution in [1.82, 2.24) is 10.2 Å². The van der Waals surface area contributed by atoms with Crippen molar-refractivity contribution < 1.29 is 4.79 Å². The SMILES string of the molecule is CC(C)C(NCC(=O)N(C)C)c1cccs1. The monoisotopic (exact) mass is 240 g/mol. The van der Waals surface area contributed by atoms with Crippen LogP contribution in [0.3, 0.4) is 0 Å². The fourth-order valence-electron chi connectivity index (χ4n) is 1.49. The number of hydrogen-bond acceptors (Lipinski definition) is 3. The van der Waals surface area contributed by atoms with Gasteiger partial charge in [-0.05, 0) is 17.4 Å². The average Bonchev–Trinajstić information content (AvgIpc) is 2.70. The van der Waals surface area contributed by atoms with Crippen molar-refractivity contribution >= 4 is 17.2 Å². The topological polar surface area (TPSA) is 32.3 Å². The van der Waals surface area contributed by atoms with Crippen LogP contribution in [0, 0.1) is 5.92 Å². The van der Waals surface area contributed by atoms with E-state index in [-0.39, 0.29) is 11.9 Å². The molecule has 90 valence electrons. The lowest BCUT2D eigenvalue weighted by molar-refractivity contribution is -0.127. The fraction of sp³-hybridized carbons (Fsp3) is 0.583. The average molecular weight is 240 g/mol. The van der Waals surface area contributed by atoms with Gasteiger partial charge >= 0.3 is 0 Å². The minimum atomic E-state index is 0.113. The molecule has 0 fully saturated rings. The Hall–Kier alpha value is -0.870. The number of carbonyl (C=O) groups excluding carboxylic acids is 1. The van der Waals surface area contributed by atoms with Gasteiger partial charge in [-0.15, -0.1) is 11.3 Å². The number of nitrogens with zero attached hydrogens (tertiary/aromatic N) is 1. The lowest BCUT2D eigenvalue weighted by Gasteiger charge is -2.22. The van der Waals surface area contributed by atoms with E-state index in [9.17, 15) is 4.79 Å². The summed E-state index contributed by atoms with van der Waals surface area (Å²) in [7, 11) is 3.55. The van der Waals surface area contributed by atoms with Crippen LogP contribution >= 0.6 is 11.3 Å². The van der Waals surface area contributed by atoms with Crippen molar-refractivity contribution in [3.05, 3.63) is 22.4 Å². The molecule has 1 heterocycles. The van der Waals surface area contributed by atoms with Gasteiger partial charge in [0.25, 0.3) is 0 Å². The Morgan fingerprint density at radius 1 is 1.50 bits per heavy atom. The van der Waals surface area contributed by atoms with Gasteiger partial charge < -0.3 is 10.2 Å². The Balaban J connectivity index is 2.57. The Morgan fingerprint density at radius 2 is 2.19 bits per heavy atom. The zero-order valence-corrected chi connectivity index (χ0v) is 11.2. The molecule has 1 amide bonds. The van der Waals surface area contributed by atoms with E-state index >= 15 is 0 Å². The molecular formula is C12H20N2OS. The zero-order chi connectivity index (χ0) is 12.1. The van der Waals surface area contributed by atoms with Crippen LogP contribution in [0.25, 0.3) is 0 Å². The quantitative estimate of drug-likeness (QED) is 0.855. The molecule has 0 saturated heterocycles. The molecule has 4 heteroatoms. The summed E-state index contributed by atoms with van der Waals surface area (Å²) in [5.74, 6) is 0.593. The van der Waals surface area contributed by atoms with Crippen LogP contribution in [-0.4, -0.2) is 31.4 Å². The lowest BCUT2D eigenvalue weighted by Crippen LogP contribution is -2.36. The number of thiophene rings is 1. The standard InChI is InChI=1S/C12H20N2OS/c1-9(2)12(10-6-5-7-16-10)13-8-11(15)14(3)4/h5-7,9,12-13H,8H2,1-4H3. The smallest absolute Gasteiger partial charge is 0.236 e. The molecule has 1 rings (SSSR count). The molecule has 1 N–H and O–H groups in total. The zero-order valence-electron chi connectivity index (χ0n) is 10.4. The van der Waals surface area contributed by atoms with Gasteiger partial charge in [-0.2, -0.15) is 0 Å². The second-order valence-corrected chi connectivity index (χ2v) is 5.39. The summed E-state index contributed by atoms with van der Waals surface area (Å²) in [5.41, 5.74) is 0. The summed E-state index contributed by atoms with van der Waals surface area (Å²) in [5, 5.41) is 5.39. The summed E-state index contributed by atoms with van der Waals surface area (Å²) < 4.78 is 0. The van der Waals surface area contributed by atoms with Crippen molar-refractivity contribution in [2.45, 2.75) is 19.9 Å². The van der Waals surface area contributed by atoms with Crippen molar-refractivity contribution in [3.63, 3.8) is 0 Å². The highest BCUT2D eigenvalue weighted by molar-refractivity contribution is 7.10. The molecule has 0 aliphatic carbocycles. The van der Waals surface area contributed by atoms with E-state index in [1.54, 1.807) is 30.3 Å². The van der Waals surface area contributed by atoms with Gasteiger partial charge in [-0.3, -0.25) is 4.79 Å². The molecule has 16 heavy (non-hydrogen) atoms. The molecule has 0 bridgehead atoms. The summed E-state index contributed by atoms with van der Waals surface area (Å²) in [6, 6.07) is 4.43. The van der Waals surface area contributed by atoms with E-state index < -0.39 is 0 Å². The van der Waals surface area contributed by atoms with E-state index in [1.807, 2.05) is 6.07 Å². The van der Waals surface area contributed by atoms with Gasteiger partial charge in [-0.25, -0.2) is 0 Å². The van der Waals surface area contributed by atoms with E-state index in [4.69, 9.17) is 0 Å². The van der Waals surface area contributed by atoms with Crippen LogP contribution < -0.4 is 5.32 Å². The van der Waals surface area contributed by atoms with Gasteiger partial charge in [0, 0.05) is 25.0 Å². The minimum Gasteiger partial charge on any atom is -0.348 e. The van der Waals surface area contributed by atoms with Crippen LogP contribution in [0.5, 0.6) is 0 Å². The van der Waals surface area contributed by atoms with E-state index in [1.165, 1.54) is 4.88 Å². The van der Waals surface area contributed by atoms with Crippen LogP contribution in [0.1, 0.15) is 24.8 Å². The first kappa shape index (κ1) is 13.2. The highest BCUT2D eigenvalue weighted by Crippen LogP contribution is 2.25. The molecular weight excluding hydrogens is 220 g/mol. The molecule has 0 aromatic carbocycles. The predicted molar refractivity (Wildman–Crippen MR) is 68.6 cm³/mol. The first-order valence-electron chi connectivity index (χ1n) is 5.49. The van der Waals surface area contributed by atoms with Crippen molar-refractivity contribution in [2.24, 2.45) is 5.92 Å². The maximum Gasteiger partial charge on any atom is 0.236 e. The normalized spacial score (nSPS) is 12.8. The number of amides is 1. The molecule has 0 saturated carbocycles. The molecule has 0 radical (unpaired) electrons. The fourth-order valence-corrected chi connectivity index (χ4v) is 2.46. The van der Waals surface area contributed by atoms with Crippen molar-refractivity contribution in [1.29, 1.82) is 0 Å². The molecule has 0 aliphatic rings. The molecule has 1 atom stereocenters. The van der Waals surface area contributed by atoms with E-state index in [0.717, 1.165) is 0 Å². The van der Waals surface area contributed by atoms with Gasteiger partial charge in [0.15, 0.2) is 0 Å². The maximum absolute atomic E-state index is 11.5. The Bertz CT molecular complexity index is 320. The third-order valence-electron chi connectivity index (χ3n) is 2.49. The number of nitrogens with one attached hydrogen (secondary N) is 1. The summed E-state index contributed by atoms with van der Waals surface area (Å²) in [6.07, 6.45) is 0. The molecule has 1 aromatic heterocycles. The molecule has 1 unspecified atom stereocenters. The van der Waals surface area contributed by atoms with Crippen LogP contribution in [0.4, 0.5) is 0 Å². The van der Waals surface area contributed by atoms with Crippen LogP contribution in [-0.2, 0) is 4.79 Å². The van der Waals surface area contributed by atoms with Crippen molar-refractivity contribution in [3.8, 4) is 0 Å². The second-order valence-electron chi connectivity index (χ2n) is 4.41. The van der Waals surface area contributed by atoms with E-state index in [0.29, 0.717) is 12.5 Å². The second kappa shape index (κ2) is 6.01. The Kier molecular flexibility index (Phi) is 4.96. The first-order chi connectivity index (χ1) is 7.52. The predicted octanol–water partition coefficient (Wildman–Crippen LogP) is 2.12. The largest absolute Gasteiger partial charge is 0.348 e. The number of likely N-dealkylation sites (N-methyl/N-ethyl adjacent to an activating group) is 1. The Morgan fingerprint density at radius 3 is 2.62 bits per heavy atom. The van der Waals surface area contributed by atoms with Gasteiger partial charge in [-0.1, -0.05) is 19.9 Å². The molecule has 0 spiro atoms. The number of hydrogen-bond donors (Lipinski definition) is 1. The van der Waals surface area contributed by atoms with Crippen LogP contribution in [0.15, 0.2) is 17.5 Å². The number of rotatable bonds is 5. The van der Waals surface area contributed by atoms with Crippen molar-refractivity contribution in [2.75, 3.05) is 20.6 Å². The van der Waals surface area contributed by atoms with Gasteiger partial charge in [0.05, 0.1) is 6.54 Å². The molecule has 1 aromatic rings. The highest BCUT2D eigenvalue weighted by atomic mass is 32.1. The van der Waals surface area contributed by atoms with Crippen LogP contribution in [0.2, 0.25) is 0 Å². The number of carbonyl (C=O) groups is 1. The molecule has 0 aliphatic heterocycles. The summed E-state index contributed by atoms with van der Waals surface area (Å²) in [6.45, 7) is 4.72. The Labute approximate surface area is 101 Å².